The van der Waals surface area contributed by atoms with E-state index >= 15 is 0 Å². The number of likely N-dealkylation sites (tertiary alicyclic amines) is 1. The highest BCUT2D eigenvalue weighted by Crippen LogP contribution is 2.33. The molecule has 1 aliphatic rings. The Morgan fingerprint density at radius 3 is 2.49 bits per heavy atom. The Morgan fingerprint density at radius 2 is 1.73 bits per heavy atom. The number of aromatic nitrogens is 4. The number of fused-ring (bicyclic) bond motifs is 2. The quantitative estimate of drug-likeness (QED) is 0.357. The summed E-state index contributed by atoms with van der Waals surface area (Å²) in [5, 5.41) is 0. The highest BCUT2D eigenvalue weighted by molar-refractivity contribution is 5.83. The number of alkyl halides is 3. The Hall–Kier alpha value is -4.34. The van der Waals surface area contributed by atoms with E-state index in [0.29, 0.717) is 16.7 Å². The minimum atomic E-state index is -4.49. The molecule has 0 aliphatic carbocycles. The van der Waals surface area contributed by atoms with Gasteiger partial charge in [-0.2, -0.15) is 13.2 Å². The van der Waals surface area contributed by atoms with Crippen LogP contribution in [0.15, 0.2) is 84.2 Å². The molecule has 10 heteroatoms. The molecule has 0 radical (unpaired) electrons. The van der Waals surface area contributed by atoms with Gasteiger partial charge in [0, 0.05) is 18.3 Å². The lowest BCUT2D eigenvalue weighted by molar-refractivity contribution is -0.182. The number of hydrogen-bond acceptors (Lipinski definition) is 3. The molecule has 1 fully saturated rings. The third-order valence-corrected chi connectivity index (χ3v) is 6.97. The zero-order valence-electron chi connectivity index (χ0n) is 19.6. The number of benzene rings is 2. The highest BCUT2D eigenvalue weighted by atomic mass is 19.4. The van der Waals surface area contributed by atoms with Crippen molar-refractivity contribution in [3.63, 3.8) is 0 Å². The molecular weight excluding hydrogens is 483 g/mol. The van der Waals surface area contributed by atoms with Gasteiger partial charge in [0.05, 0.1) is 34.8 Å². The summed E-state index contributed by atoms with van der Waals surface area (Å²) in [5.41, 5.74) is 4.03. The molecule has 3 aromatic heterocycles. The molecule has 1 amide bonds. The highest BCUT2D eigenvalue weighted by Gasteiger charge is 2.47. The van der Waals surface area contributed by atoms with Crippen molar-refractivity contribution in [2.45, 2.75) is 31.6 Å². The zero-order chi connectivity index (χ0) is 25.7. The SMILES string of the molecule is O=C(Cn1c(=O)n(-c2ccc(-c3cccn4cncc34)cc2)c2ccccc21)N1CCC[C@H]1C(F)(F)F. The van der Waals surface area contributed by atoms with E-state index in [0.717, 1.165) is 21.5 Å². The summed E-state index contributed by atoms with van der Waals surface area (Å²) in [5.74, 6) is -0.714. The van der Waals surface area contributed by atoms with Gasteiger partial charge in [-0.25, -0.2) is 9.78 Å². The van der Waals surface area contributed by atoms with E-state index in [2.05, 4.69) is 4.98 Å². The molecule has 1 saturated heterocycles. The van der Waals surface area contributed by atoms with Crippen LogP contribution in [-0.2, 0) is 11.3 Å². The number of nitrogens with zero attached hydrogens (tertiary/aromatic N) is 5. The monoisotopic (exact) mass is 505 g/mol. The average Bonchev–Trinajstić information content (AvgIpc) is 3.62. The van der Waals surface area contributed by atoms with Gasteiger partial charge in [-0.15, -0.1) is 0 Å². The first-order valence-corrected chi connectivity index (χ1v) is 11.9. The number of hydrogen-bond donors (Lipinski definition) is 0. The van der Waals surface area contributed by atoms with Crippen LogP contribution in [0.25, 0.3) is 33.4 Å². The molecule has 4 heterocycles. The van der Waals surface area contributed by atoms with Crippen LogP contribution in [0.3, 0.4) is 0 Å². The summed E-state index contributed by atoms with van der Waals surface area (Å²) in [6.45, 7) is -0.429. The molecule has 0 N–H and O–H groups in total. The molecule has 0 spiro atoms. The van der Waals surface area contributed by atoms with Crippen molar-refractivity contribution in [1.82, 2.24) is 23.4 Å². The van der Waals surface area contributed by atoms with Gasteiger partial charge in [0.2, 0.25) is 5.91 Å². The lowest BCUT2D eigenvalue weighted by atomic mass is 10.1. The third kappa shape index (κ3) is 3.89. The minimum absolute atomic E-state index is 0.0296. The van der Waals surface area contributed by atoms with Gasteiger partial charge >= 0.3 is 11.9 Å². The number of amides is 1. The summed E-state index contributed by atoms with van der Waals surface area (Å²) in [6.07, 6.45) is 1.09. The fourth-order valence-corrected chi connectivity index (χ4v) is 5.23. The lowest BCUT2D eigenvalue weighted by Gasteiger charge is -2.26. The van der Waals surface area contributed by atoms with Crippen LogP contribution < -0.4 is 5.69 Å². The van der Waals surface area contributed by atoms with Crippen LogP contribution in [0.1, 0.15) is 12.8 Å². The van der Waals surface area contributed by atoms with Crippen LogP contribution in [0.5, 0.6) is 0 Å². The standard InChI is InChI=1S/C27H22F3N5O2/c28-27(29,30)24-8-4-14-33(24)25(36)16-34-21-6-1-2-7-22(21)35(26(34)37)19-11-9-18(10-12-19)20-5-3-13-32-17-31-15-23(20)32/h1-3,5-7,9-13,15,17,24H,4,8,14,16H2/t24-/m0/s1. The fraction of sp³-hybridized carbons (Fsp3) is 0.222. The number of rotatable bonds is 4. The molecular formula is C27H22F3N5O2. The second-order valence-electron chi connectivity index (χ2n) is 9.13. The average molecular weight is 506 g/mol. The number of halogens is 3. The number of pyridine rings is 1. The molecule has 0 saturated carbocycles. The Kier molecular flexibility index (Phi) is 5.40. The van der Waals surface area contributed by atoms with E-state index in [1.165, 1.54) is 9.13 Å². The summed E-state index contributed by atoms with van der Waals surface area (Å²) in [4.78, 5) is 31.5. The lowest BCUT2D eigenvalue weighted by Crippen LogP contribution is -2.46. The molecule has 1 atom stereocenters. The van der Waals surface area contributed by atoms with Crippen LogP contribution in [0.4, 0.5) is 13.2 Å². The van der Waals surface area contributed by atoms with Gasteiger partial charge < -0.3 is 9.30 Å². The maximum absolute atomic E-state index is 13.5. The second-order valence-corrected chi connectivity index (χ2v) is 9.13. The summed E-state index contributed by atoms with van der Waals surface area (Å²) < 4.78 is 44.9. The molecule has 188 valence electrons. The van der Waals surface area contributed by atoms with Gasteiger partial charge in [-0.05, 0) is 48.7 Å². The van der Waals surface area contributed by atoms with Crippen molar-refractivity contribution in [3.05, 3.63) is 89.9 Å². The fourth-order valence-electron chi connectivity index (χ4n) is 5.23. The van der Waals surface area contributed by atoms with Gasteiger partial charge in [-0.1, -0.05) is 30.3 Å². The third-order valence-electron chi connectivity index (χ3n) is 6.97. The molecule has 1 aliphatic heterocycles. The summed E-state index contributed by atoms with van der Waals surface area (Å²) in [6, 6.07) is 16.5. The van der Waals surface area contributed by atoms with Crippen molar-refractivity contribution in [2.75, 3.05) is 6.54 Å². The van der Waals surface area contributed by atoms with Crippen LogP contribution in [0, 0.1) is 0 Å². The van der Waals surface area contributed by atoms with Gasteiger partial charge in [-0.3, -0.25) is 13.9 Å². The first-order chi connectivity index (χ1) is 17.8. The van der Waals surface area contributed by atoms with Crippen LogP contribution >= 0.6 is 0 Å². The van der Waals surface area contributed by atoms with E-state index < -0.39 is 30.4 Å². The number of carbonyl (C=O) groups is 1. The van der Waals surface area contributed by atoms with E-state index in [4.69, 9.17) is 0 Å². The Morgan fingerprint density at radius 1 is 0.973 bits per heavy atom. The van der Waals surface area contributed by atoms with Gasteiger partial charge in [0.1, 0.15) is 12.6 Å². The van der Waals surface area contributed by atoms with E-state index in [1.807, 2.05) is 47.0 Å². The molecule has 6 rings (SSSR count). The van der Waals surface area contributed by atoms with Crippen LogP contribution in [0.2, 0.25) is 0 Å². The number of imidazole rings is 2. The van der Waals surface area contributed by atoms with E-state index in [1.54, 1.807) is 36.8 Å². The van der Waals surface area contributed by atoms with Gasteiger partial charge in [0.15, 0.2) is 0 Å². The molecule has 0 bridgehead atoms. The number of carbonyl (C=O) groups excluding carboxylic acids is 1. The maximum atomic E-state index is 13.5. The molecule has 7 nitrogen and oxygen atoms in total. The molecule has 5 aromatic rings. The predicted molar refractivity (Wildman–Crippen MR) is 133 cm³/mol. The molecule has 2 aromatic carbocycles. The first kappa shape index (κ1) is 23.1. The van der Waals surface area contributed by atoms with Crippen molar-refractivity contribution in [1.29, 1.82) is 0 Å². The van der Waals surface area contributed by atoms with Crippen molar-refractivity contribution in [2.24, 2.45) is 0 Å². The van der Waals surface area contributed by atoms with Crippen molar-refractivity contribution < 1.29 is 18.0 Å². The minimum Gasteiger partial charge on any atom is -0.329 e. The molecule has 0 unspecified atom stereocenters. The predicted octanol–water partition coefficient (Wildman–Crippen LogP) is 4.66. The Bertz CT molecular complexity index is 1680. The largest absolute Gasteiger partial charge is 0.408 e. The summed E-state index contributed by atoms with van der Waals surface area (Å²) >= 11 is 0. The van der Waals surface area contributed by atoms with Gasteiger partial charge in [0.25, 0.3) is 0 Å². The normalized spacial score (nSPS) is 16.2. The van der Waals surface area contributed by atoms with Crippen LogP contribution in [-0.4, -0.2) is 48.1 Å². The topological polar surface area (TPSA) is 64.5 Å². The van der Waals surface area contributed by atoms with Crippen molar-refractivity contribution in [3.8, 4) is 16.8 Å². The smallest absolute Gasteiger partial charge is 0.329 e. The summed E-state index contributed by atoms with van der Waals surface area (Å²) in [7, 11) is 0. The van der Waals surface area contributed by atoms with E-state index in [9.17, 15) is 22.8 Å². The second kappa shape index (κ2) is 8.65. The van der Waals surface area contributed by atoms with Crippen molar-refractivity contribution >= 4 is 22.5 Å². The zero-order valence-corrected chi connectivity index (χ0v) is 19.6. The Labute approximate surface area is 209 Å². The maximum Gasteiger partial charge on any atom is 0.408 e. The first-order valence-electron chi connectivity index (χ1n) is 11.9. The Balaban J connectivity index is 1.37. The number of para-hydroxylation sites is 2. The van der Waals surface area contributed by atoms with E-state index in [-0.39, 0.29) is 19.4 Å². The molecule has 37 heavy (non-hydrogen) atoms.